The molecule has 0 aromatic heterocycles. The van der Waals surface area contributed by atoms with Crippen molar-refractivity contribution in [3.05, 3.63) is 29.8 Å². The van der Waals surface area contributed by atoms with Gasteiger partial charge in [-0.05, 0) is 17.7 Å². The highest BCUT2D eigenvalue weighted by molar-refractivity contribution is 6.05. The molecule has 1 aliphatic heterocycles. The molecule has 1 heterocycles. The minimum atomic E-state index is -0.910. The molecule has 5 nitrogen and oxygen atoms in total. The molecule has 0 saturated carbocycles. The number of aliphatic hydroxyl groups is 1. The van der Waals surface area contributed by atoms with Gasteiger partial charge in [0.2, 0.25) is 11.8 Å². The Morgan fingerprint density at radius 1 is 1.40 bits per heavy atom. The van der Waals surface area contributed by atoms with Crippen molar-refractivity contribution >= 4 is 11.8 Å². The number of ether oxygens (including phenoxy) is 1. The summed E-state index contributed by atoms with van der Waals surface area (Å²) in [5.74, 6) is 0.160. The van der Waals surface area contributed by atoms with Crippen LogP contribution in [0.15, 0.2) is 24.3 Å². The first-order chi connectivity index (χ1) is 9.35. The second-order valence-electron chi connectivity index (χ2n) is 5.66. The van der Waals surface area contributed by atoms with Gasteiger partial charge >= 0.3 is 0 Å². The summed E-state index contributed by atoms with van der Waals surface area (Å²) >= 11 is 0. The third-order valence-electron chi connectivity index (χ3n) is 3.55. The number of nitrogens with zero attached hydrogens (tertiary/aromatic N) is 1. The van der Waals surface area contributed by atoms with Gasteiger partial charge in [0.05, 0.1) is 25.2 Å². The molecule has 1 saturated heterocycles. The van der Waals surface area contributed by atoms with E-state index in [0.717, 1.165) is 4.90 Å². The Bertz CT molecular complexity index is 538. The van der Waals surface area contributed by atoms with E-state index in [1.807, 2.05) is 0 Å². The quantitative estimate of drug-likeness (QED) is 0.847. The molecular weight excluding hydrogens is 258 g/mol. The van der Waals surface area contributed by atoms with Crippen LogP contribution < -0.4 is 4.74 Å². The van der Waals surface area contributed by atoms with E-state index in [0.29, 0.717) is 11.3 Å². The molecule has 2 rings (SSSR count). The molecule has 108 valence electrons. The molecule has 1 atom stereocenters. The first-order valence-corrected chi connectivity index (χ1v) is 6.52. The number of hydrogen-bond donors (Lipinski definition) is 1. The van der Waals surface area contributed by atoms with Crippen LogP contribution in [0.3, 0.4) is 0 Å². The van der Waals surface area contributed by atoms with E-state index in [2.05, 4.69) is 0 Å². The lowest BCUT2D eigenvalue weighted by atomic mass is 9.92. The zero-order valence-electron chi connectivity index (χ0n) is 11.9. The van der Waals surface area contributed by atoms with E-state index >= 15 is 0 Å². The van der Waals surface area contributed by atoms with Crippen molar-refractivity contribution in [2.45, 2.75) is 26.4 Å². The monoisotopic (exact) mass is 277 g/mol. The molecule has 2 amide bonds. The molecule has 0 bridgehead atoms. The van der Waals surface area contributed by atoms with Crippen molar-refractivity contribution in [3.8, 4) is 5.75 Å². The largest absolute Gasteiger partial charge is 0.497 e. The lowest BCUT2D eigenvalue weighted by Crippen LogP contribution is -2.36. The van der Waals surface area contributed by atoms with Crippen LogP contribution in [0.25, 0.3) is 0 Å². The molecule has 1 N–H and O–H groups in total. The van der Waals surface area contributed by atoms with Gasteiger partial charge in [0.1, 0.15) is 5.75 Å². The fraction of sp³-hybridized carbons (Fsp3) is 0.467. The maximum absolute atomic E-state index is 12.1. The number of aliphatic hydroxyl groups excluding tert-OH is 1. The Balaban J connectivity index is 2.13. The minimum Gasteiger partial charge on any atom is -0.497 e. The van der Waals surface area contributed by atoms with Crippen molar-refractivity contribution in [1.29, 1.82) is 0 Å². The molecule has 20 heavy (non-hydrogen) atoms. The number of likely N-dealkylation sites (tertiary alicyclic amines) is 1. The molecule has 1 aromatic rings. The number of amides is 2. The van der Waals surface area contributed by atoms with Crippen LogP contribution >= 0.6 is 0 Å². The van der Waals surface area contributed by atoms with Gasteiger partial charge in [-0.25, -0.2) is 0 Å². The SMILES string of the molecule is COc1cccc(C(O)CN2C(=O)CC(C)(C)C2=O)c1. The van der Waals surface area contributed by atoms with Gasteiger partial charge in [-0.15, -0.1) is 0 Å². The summed E-state index contributed by atoms with van der Waals surface area (Å²) < 4.78 is 5.09. The smallest absolute Gasteiger partial charge is 0.235 e. The van der Waals surface area contributed by atoms with Crippen LogP contribution in [-0.4, -0.2) is 35.5 Å². The predicted octanol–water partition coefficient (Wildman–Crippen LogP) is 1.51. The minimum absolute atomic E-state index is 0.0196. The van der Waals surface area contributed by atoms with E-state index < -0.39 is 11.5 Å². The first kappa shape index (κ1) is 14.5. The van der Waals surface area contributed by atoms with Crippen LogP contribution in [0, 0.1) is 5.41 Å². The molecule has 1 aromatic carbocycles. The van der Waals surface area contributed by atoms with Gasteiger partial charge in [-0.2, -0.15) is 0 Å². The summed E-state index contributed by atoms with van der Waals surface area (Å²) in [6.45, 7) is 3.46. The number of benzene rings is 1. The number of rotatable bonds is 4. The van der Waals surface area contributed by atoms with Crippen molar-refractivity contribution in [3.63, 3.8) is 0 Å². The molecule has 0 aliphatic carbocycles. The number of hydrogen-bond acceptors (Lipinski definition) is 4. The highest BCUT2D eigenvalue weighted by atomic mass is 16.5. The fourth-order valence-corrected chi connectivity index (χ4v) is 2.34. The third-order valence-corrected chi connectivity index (χ3v) is 3.55. The second-order valence-corrected chi connectivity index (χ2v) is 5.66. The lowest BCUT2D eigenvalue weighted by molar-refractivity contribution is -0.142. The number of carbonyl (C=O) groups excluding carboxylic acids is 2. The van der Waals surface area contributed by atoms with Gasteiger partial charge in [0, 0.05) is 6.42 Å². The molecule has 5 heteroatoms. The van der Waals surface area contributed by atoms with Crippen molar-refractivity contribution in [2.24, 2.45) is 5.41 Å². The van der Waals surface area contributed by atoms with Crippen LogP contribution in [-0.2, 0) is 9.59 Å². The van der Waals surface area contributed by atoms with E-state index in [-0.39, 0.29) is 24.8 Å². The molecule has 1 fully saturated rings. The molecule has 1 aliphatic rings. The van der Waals surface area contributed by atoms with Crippen LogP contribution in [0.4, 0.5) is 0 Å². The predicted molar refractivity (Wildman–Crippen MR) is 73.1 cm³/mol. The van der Waals surface area contributed by atoms with Gasteiger partial charge < -0.3 is 9.84 Å². The van der Waals surface area contributed by atoms with E-state index in [1.165, 1.54) is 0 Å². The van der Waals surface area contributed by atoms with Gasteiger partial charge in [0.25, 0.3) is 0 Å². The van der Waals surface area contributed by atoms with E-state index in [4.69, 9.17) is 4.74 Å². The second kappa shape index (κ2) is 5.25. The highest BCUT2D eigenvalue weighted by Crippen LogP contribution is 2.33. The topological polar surface area (TPSA) is 66.8 Å². The van der Waals surface area contributed by atoms with Gasteiger partial charge in [-0.3, -0.25) is 14.5 Å². The summed E-state index contributed by atoms with van der Waals surface area (Å²) in [6, 6.07) is 6.96. The van der Waals surface area contributed by atoms with Crippen molar-refractivity contribution in [1.82, 2.24) is 4.90 Å². The first-order valence-electron chi connectivity index (χ1n) is 6.52. The number of imide groups is 1. The average Bonchev–Trinajstić information content (AvgIpc) is 2.61. The summed E-state index contributed by atoms with van der Waals surface area (Å²) in [4.78, 5) is 25.1. The van der Waals surface area contributed by atoms with Crippen molar-refractivity contribution < 1.29 is 19.4 Å². The normalized spacial score (nSPS) is 19.3. The third kappa shape index (κ3) is 2.67. The Morgan fingerprint density at radius 2 is 2.10 bits per heavy atom. The number of β-amino-alcohol motifs (C(OH)–C–C–N with tert-alkyl or cyclic N) is 1. The maximum atomic E-state index is 12.1. The standard InChI is InChI=1S/C15H19NO4/c1-15(2)8-13(18)16(14(15)19)9-12(17)10-5-4-6-11(7-10)20-3/h4-7,12,17H,8-9H2,1-3H3. The van der Waals surface area contributed by atoms with E-state index in [1.54, 1.807) is 45.2 Å². The Labute approximate surface area is 118 Å². The average molecular weight is 277 g/mol. The summed E-state index contributed by atoms with van der Waals surface area (Å²) in [7, 11) is 1.54. The summed E-state index contributed by atoms with van der Waals surface area (Å²) in [5.41, 5.74) is -0.0554. The Hall–Kier alpha value is -1.88. The van der Waals surface area contributed by atoms with Gasteiger partial charge in [0.15, 0.2) is 0 Å². The van der Waals surface area contributed by atoms with Gasteiger partial charge in [-0.1, -0.05) is 26.0 Å². The number of methoxy groups -OCH3 is 1. The number of carbonyl (C=O) groups is 2. The summed E-state index contributed by atoms with van der Waals surface area (Å²) in [6.07, 6.45) is -0.719. The zero-order chi connectivity index (χ0) is 14.9. The maximum Gasteiger partial charge on any atom is 0.235 e. The molecule has 0 spiro atoms. The zero-order valence-corrected chi connectivity index (χ0v) is 11.9. The lowest BCUT2D eigenvalue weighted by Gasteiger charge is -2.21. The molecule has 1 unspecified atom stereocenters. The Morgan fingerprint density at radius 3 is 2.65 bits per heavy atom. The van der Waals surface area contributed by atoms with Crippen molar-refractivity contribution in [2.75, 3.05) is 13.7 Å². The highest BCUT2D eigenvalue weighted by Gasteiger charge is 2.45. The summed E-state index contributed by atoms with van der Waals surface area (Å²) in [5, 5.41) is 10.2. The van der Waals surface area contributed by atoms with Crippen LogP contribution in [0.5, 0.6) is 5.75 Å². The molecule has 0 radical (unpaired) electrons. The van der Waals surface area contributed by atoms with E-state index in [9.17, 15) is 14.7 Å². The Kier molecular flexibility index (Phi) is 3.81. The van der Waals surface area contributed by atoms with Crippen LogP contribution in [0.2, 0.25) is 0 Å². The van der Waals surface area contributed by atoms with Crippen LogP contribution in [0.1, 0.15) is 31.9 Å². The molecular formula is C15H19NO4. The fourth-order valence-electron chi connectivity index (χ4n) is 2.34.